The lowest BCUT2D eigenvalue weighted by molar-refractivity contribution is 0.0592. The van der Waals surface area contributed by atoms with Crippen molar-refractivity contribution in [3.63, 3.8) is 0 Å². The highest BCUT2D eigenvalue weighted by Crippen LogP contribution is 2.39. The van der Waals surface area contributed by atoms with E-state index in [1.165, 1.54) is 43.6 Å². The minimum atomic E-state index is -0.458. The van der Waals surface area contributed by atoms with Crippen molar-refractivity contribution in [2.45, 2.75) is 47.5 Å². The van der Waals surface area contributed by atoms with Gasteiger partial charge in [0.2, 0.25) is 0 Å². The molecule has 12 N–H and O–H groups in total. The Morgan fingerprint density at radius 2 is 0.579 bits per heavy atom. The van der Waals surface area contributed by atoms with Crippen molar-refractivity contribution in [2.75, 3.05) is 59.5 Å². The number of rotatable bonds is 25. The third kappa shape index (κ3) is 22.8. The molecule has 0 aliphatic rings. The first-order chi connectivity index (χ1) is 70.4. The molecule has 4 amide bonds. The minimum Gasteiger partial charge on any atom is -0.464 e. The zero-order chi connectivity index (χ0) is 102. The molecule has 0 spiro atoms. The number of carbonyl (C=O) groups excluding carboxylic acids is 5. The van der Waals surface area contributed by atoms with Gasteiger partial charge < -0.3 is 48.9 Å². The number of aromatic nitrogens is 15. The molecule has 0 atom stereocenters. The van der Waals surface area contributed by atoms with E-state index in [1.807, 2.05) is 146 Å². The number of pyridine rings is 10. The van der Waals surface area contributed by atoms with Gasteiger partial charge in [0, 0.05) is 174 Å². The molecule has 730 valence electrons. The van der Waals surface area contributed by atoms with Gasteiger partial charge in [0.15, 0.2) is 5.69 Å². The molecule has 15 heterocycles. The van der Waals surface area contributed by atoms with Gasteiger partial charge in [0.1, 0.15) is 57.4 Å². The number of nitrogens with two attached hydrogens (primary N) is 4. The lowest BCUT2D eigenvalue weighted by Crippen LogP contribution is -2.29. The average Bonchev–Trinajstić information content (AvgIpc) is 1.51. The standard InChI is InChI=1S/2C23H22FN5O.2C22H20FN5O.C21H16FN3O2/c1-15-12-16(5-7-19(15)24)22-18(4-2-10-26-22)17-6-8-21-28-13-20(29(21)14-17)23(30)27-11-3-9-25;1-15-12-17(5-6-20(15)24)22-18(4-2-9-26-22)16-7-11-29-21(13-16)19(14-28-29)23(30)27-10-3-8-25;1-14-11-15(4-6-18(14)23)21-17(3-2-9-25-21)16-5-7-20-27-12-19(28(20)13-16)22(29)26-10-8-24;1-14-11-16(4-5-19(14)23)21-17(3-2-8-25-21)15-6-10-28-20(12-15)18(13-27-28)22(29)26-9-7-24;1-13-10-14(5-7-17(13)22)20-16(4-3-9-23-20)15-6-8-19-24-11-18(21(26)27-2)25(19)12-15/h2,4-8,10,12-14H,3,9,11,25H2,1H3,(H,27,30);2,4-7,9,11-14H,3,8,10,25H2,1H3,(H,27,30);2-7,9,11-13H,8,10,24H2,1H3,(H,26,29);2-6,8,10-13H,7,9,24H2,1H3,(H,26,29);3-12H,1-2H3. The van der Waals surface area contributed by atoms with E-state index >= 15 is 0 Å². The van der Waals surface area contributed by atoms with Gasteiger partial charge in [0.05, 0.1) is 88.7 Å². The summed E-state index contributed by atoms with van der Waals surface area (Å²) in [7, 11) is 1.33. The maximum absolute atomic E-state index is 13.7. The summed E-state index contributed by atoms with van der Waals surface area (Å²) in [5, 5.41) is 19.8. The first-order valence-corrected chi connectivity index (χ1v) is 46.4. The zero-order valence-corrected chi connectivity index (χ0v) is 79.8. The second-order valence-electron chi connectivity index (χ2n) is 33.7. The molecule has 15 aromatic heterocycles. The summed E-state index contributed by atoms with van der Waals surface area (Å²) in [5.74, 6) is -2.55. The summed E-state index contributed by atoms with van der Waals surface area (Å²) < 4.78 is 81.9. The molecule has 20 aromatic rings. The molecule has 0 bridgehead atoms. The van der Waals surface area contributed by atoms with E-state index in [1.54, 1.807) is 179 Å². The number of fused-ring (bicyclic) bond motifs is 5. The van der Waals surface area contributed by atoms with Gasteiger partial charge in [0.25, 0.3) is 23.6 Å². The van der Waals surface area contributed by atoms with Crippen molar-refractivity contribution in [1.29, 1.82) is 0 Å². The van der Waals surface area contributed by atoms with Crippen LogP contribution in [-0.2, 0) is 4.74 Å². The van der Waals surface area contributed by atoms with E-state index in [2.05, 4.69) is 71.3 Å². The van der Waals surface area contributed by atoms with Gasteiger partial charge in [-0.15, -0.1) is 0 Å². The van der Waals surface area contributed by atoms with Crippen molar-refractivity contribution in [3.8, 4) is 112 Å². The molecule has 0 saturated heterocycles. The summed E-state index contributed by atoms with van der Waals surface area (Å²) >= 11 is 0. The highest BCUT2D eigenvalue weighted by molar-refractivity contribution is 6.03. The van der Waals surface area contributed by atoms with Crippen LogP contribution in [0.5, 0.6) is 0 Å². The van der Waals surface area contributed by atoms with Crippen molar-refractivity contribution < 1.29 is 50.7 Å². The maximum Gasteiger partial charge on any atom is 0.356 e. The van der Waals surface area contributed by atoms with Crippen LogP contribution in [0.3, 0.4) is 0 Å². The van der Waals surface area contributed by atoms with Crippen LogP contribution in [0.25, 0.3) is 140 Å². The molecule has 0 unspecified atom stereocenters. The van der Waals surface area contributed by atoms with Crippen LogP contribution in [0.15, 0.2) is 305 Å². The number of aryl methyl sites for hydroxylation is 5. The van der Waals surface area contributed by atoms with Crippen molar-refractivity contribution >= 4 is 57.6 Å². The van der Waals surface area contributed by atoms with Crippen molar-refractivity contribution in [1.82, 2.24) is 93.6 Å². The molecule has 29 nitrogen and oxygen atoms in total. The minimum absolute atomic E-state index is 0.184. The number of benzene rings is 5. The Bertz CT molecular complexity index is 7820. The Labute approximate surface area is 829 Å². The Morgan fingerprint density at radius 3 is 0.876 bits per heavy atom. The largest absolute Gasteiger partial charge is 0.464 e. The number of amides is 4. The molecule has 0 radical (unpaired) electrons. The van der Waals surface area contributed by atoms with E-state index in [0.29, 0.717) is 149 Å². The van der Waals surface area contributed by atoms with Crippen LogP contribution in [0, 0.1) is 63.7 Å². The first-order valence-electron chi connectivity index (χ1n) is 46.4. The normalized spacial score (nSPS) is 11.0. The second kappa shape index (κ2) is 46.0. The van der Waals surface area contributed by atoms with Gasteiger partial charge in [-0.25, -0.2) is 50.7 Å². The number of nitrogens with one attached hydrogen (secondary N) is 4. The van der Waals surface area contributed by atoms with Gasteiger partial charge in [-0.3, -0.25) is 57.3 Å². The smallest absolute Gasteiger partial charge is 0.356 e. The van der Waals surface area contributed by atoms with Crippen LogP contribution in [-0.4, -0.2) is 161 Å². The van der Waals surface area contributed by atoms with E-state index in [0.717, 1.165) is 112 Å². The third-order valence-corrected chi connectivity index (χ3v) is 23.9. The molecule has 20 rings (SSSR count). The topological polar surface area (TPSA) is 398 Å². The SMILES string of the molecule is COC(=O)c1cnc2ccc(-c3cccnc3-c3ccc(F)c(C)c3)cn12.Cc1cc(-c2ncccc2-c2ccc3ncc(C(=O)NCCCN)n3c2)ccc1F.Cc1cc(-c2ncccc2-c2ccc3ncc(C(=O)NCCN)n3c2)ccc1F.Cc1cc(-c2ncccc2-c2ccn3ncc(C(=O)NCCCN)c3c2)ccc1F.Cc1cc(-c2ncccc2-c2ccn3ncc(C(=O)NCCN)c3c2)ccc1F. The molecular formula is C111H100F5N23O6. The summed E-state index contributed by atoms with van der Waals surface area (Å²) in [5.41, 5.74) is 46.9. The Balaban J connectivity index is 0.000000130. The predicted molar refractivity (Wildman–Crippen MR) is 549 cm³/mol. The van der Waals surface area contributed by atoms with Gasteiger partial charge in [-0.1, -0.05) is 30.3 Å². The van der Waals surface area contributed by atoms with Crippen LogP contribution >= 0.6 is 0 Å². The number of halogens is 5. The summed E-state index contributed by atoms with van der Waals surface area (Å²) in [6.45, 7) is 12.2. The monoisotopic (exact) mass is 1950 g/mol. The van der Waals surface area contributed by atoms with Gasteiger partial charge in [-0.2, -0.15) is 10.2 Å². The molecule has 0 saturated carbocycles. The van der Waals surface area contributed by atoms with E-state index < -0.39 is 5.97 Å². The number of esters is 1. The van der Waals surface area contributed by atoms with Crippen LogP contribution in [0.1, 0.15) is 92.8 Å². The number of carbonyl (C=O) groups is 5. The second-order valence-corrected chi connectivity index (χ2v) is 33.7. The Hall–Kier alpha value is -17.9. The highest BCUT2D eigenvalue weighted by Gasteiger charge is 2.24. The van der Waals surface area contributed by atoms with Crippen molar-refractivity contribution in [3.05, 3.63) is 390 Å². The molecule has 5 aromatic carbocycles. The van der Waals surface area contributed by atoms with Gasteiger partial charge in [-0.05, 0) is 281 Å². The molecule has 0 aliphatic carbocycles. The quantitative estimate of drug-likeness (QED) is 0.0150. The highest BCUT2D eigenvalue weighted by atomic mass is 19.1. The summed E-state index contributed by atoms with van der Waals surface area (Å²) in [6, 6.07) is 62.8. The predicted octanol–water partition coefficient (Wildman–Crippen LogP) is 17.9. The Kier molecular flexibility index (Phi) is 31.8. The van der Waals surface area contributed by atoms with Crippen LogP contribution in [0.4, 0.5) is 22.0 Å². The van der Waals surface area contributed by atoms with E-state index in [4.69, 9.17) is 27.7 Å². The number of imidazole rings is 3. The van der Waals surface area contributed by atoms with Crippen LogP contribution < -0.4 is 44.2 Å². The number of ether oxygens (including phenoxy) is 1. The zero-order valence-electron chi connectivity index (χ0n) is 79.8. The van der Waals surface area contributed by atoms with Crippen LogP contribution in [0.2, 0.25) is 0 Å². The fourth-order valence-electron chi connectivity index (χ4n) is 16.3. The van der Waals surface area contributed by atoms with Gasteiger partial charge >= 0.3 is 5.97 Å². The number of nitrogens with zero attached hydrogens (tertiary/aromatic N) is 15. The molecule has 145 heavy (non-hydrogen) atoms. The fraction of sp³-hybridized carbons (Fsp3) is 0.144. The molecule has 34 heteroatoms. The molecule has 0 fully saturated rings. The van der Waals surface area contributed by atoms with E-state index in [9.17, 15) is 45.9 Å². The summed E-state index contributed by atoms with van der Waals surface area (Å²) in [4.78, 5) is 97.3. The number of hydrogen-bond donors (Lipinski definition) is 8. The first kappa shape index (κ1) is 100. The fourth-order valence-corrected chi connectivity index (χ4v) is 16.3. The molecular weight excluding hydrogens is 1850 g/mol. The lowest BCUT2D eigenvalue weighted by Gasteiger charge is -2.11. The summed E-state index contributed by atoms with van der Waals surface area (Å²) in [6.07, 6.45) is 26.8. The lowest BCUT2D eigenvalue weighted by atomic mass is 9.98. The maximum atomic E-state index is 13.7. The number of methoxy groups -OCH3 is 1. The van der Waals surface area contributed by atoms with E-state index in [-0.39, 0.29) is 52.7 Å². The average molecular weight is 1950 g/mol. The Morgan fingerprint density at radius 1 is 0.303 bits per heavy atom. The van der Waals surface area contributed by atoms with Crippen molar-refractivity contribution in [2.24, 2.45) is 22.9 Å². The molecule has 0 aliphatic heterocycles. The third-order valence-electron chi connectivity index (χ3n) is 23.9. The number of hydrogen-bond acceptors (Lipinski definition) is 20.